The summed E-state index contributed by atoms with van der Waals surface area (Å²) in [5.41, 5.74) is 1.98. The smallest absolute Gasteiger partial charge is 0.318 e. The van der Waals surface area contributed by atoms with Gasteiger partial charge in [0.25, 0.3) is 0 Å². The fourth-order valence-electron chi connectivity index (χ4n) is 2.43. The van der Waals surface area contributed by atoms with Crippen molar-refractivity contribution in [3.63, 3.8) is 0 Å². The van der Waals surface area contributed by atoms with E-state index >= 15 is 0 Å². The molecule has 2 N–H and O–H groups in total. The molecule has 116 valence electrons. The van der Waals surface area contributed by atoms with E-state index in [0.29, 0.717) is 13.1 Å². The second-order valence-electron chi connectivity index (χ2n) is 5.20. The van der Waals surface area contributed by atoms with Crippen LogP contribution in [0.15, 0.2) is 54.6 Å². The Bertz CT molecular complexity index is 613. The number of nitrogens with zero attached hydrogens (tertiary/aromatic N) is 1. The maximum atomic E-state index is 12.4. The van der Waals surface area contributed by atoms with Crippen LogP contribution in [0.3, 0.4) is 0 Å². The lowest BCUT2D eigenvalue weighted by molar-refractivity contribution is 0.182. The summed E-state index contributed by atoms with van der Waals surface area (Å²) in [7, 11) is 0. The molecule has 2 rings (SSSR count). The van der Waals surface area contributed by atoms with Gasteiger partial charge in [-0.3, -0.25) is 0 Å². The van der Waals surface area contributed by atoms with Crippen molar-refractivity contribution < 1.29 is 9.90 Å². The lowest BCUT2D eigenvalue weighted by Crippen LogP contribution is -2.41. The Labute approximate surface area is 131 Å². The first-order valence-electron chi connectivity index (χ1n) is 7.49. The number of hydrogen-bond donors (Lipinski definition) is 2. The van der Waals surface area contributed by atoms with E-state index in [1.807, 2.05) is 50.2 Å². The van der Waals surface area contributed by atoms with Crippen LogP contribution in [0.1, 0.15) is 31.0 Å². The van der Waals surface area contributed by atoms with Crippen molar-refractivity contribution in [2.24, 2.45) is 0 Å². The third-order valence-electron chi connectivity index (χ3n) is 3.71. The molecule has 4 heteroatoms. The van der Waals surface area contributed by atoms with Crippen molar-refractivity contribution >= 4 is 6.03 Å². The number of benzene rings is 2. The molecule has 0 heterocycles. The fourth-order valence-corrected chi connectivity index (χ4v) is 2.43. The lowest BCUT2D eigenvalue weighted by Gasteiger charge is -2.28. The van der Waals surface area contributed by atoms with Gasteiger partial charge in [0.1, 0.15) is 5.75 Å². The zero-order chi connectivity index (χ0) is 15.9. The molecule has 2 amide bonds. The minimum absolute atomic E-state index is 0.104. The van der Waals surface area contributed by atoms with Gasteiger partial charge in [-0.2, -0.15) is 0 Å². The molecule has 0 bridgehead atoms. The number of carbonyl (C=O) groups is 1. The molecule has 0 aliphatic carbocycles. The summed E-state index contributed by atoms with van der Waals surface area (Å²) in [6.07, 6.45) is 0. The van der Waals surface area contributed by atoms with E-state index in [2.05, 4.69) is 5.32 Å². The van der Waals surface area contributed by atoms with E-state index in [-0.39, 0.29) is 17.8 Å². The van der Waals surface area contributed by atoms with E-state index < -0.39 is 0 Å². The molecule has 4 nitrogen and oxygen atoms in total. The minimum Gasteiger partial charge on any atom is -0.508 e. The van der Waals surface area contributed by atoms with Crippen LogP contribution in [-0.2, 0) is 6.54 Å². The molecule has 0 aliphatic heterocycles. The number of phenolic OH excluding ortho intramolecular Hbond substituents is 1. The molecule has 2 aromatic carbocycles. The highest BCUT2D eigenvalue weighted by Crippen LogP contribution is 2.23. The molecule has 0 spiro atoms. The summed E-state index contributed by atoms with van der Waals surface area (Å²) in [5.74, 6) is 0.213. The van der Waals surface area contributed by atoms with Crippen LogP contribution >= 0.6 is 0 Å². The normalized spacial score (nSPS) is 11.7. The van der Waals surface area contributed by atoms with Crippen LogP contribution in [-0.4, -0.2) is 22.6 Å². The third kappa shape index (κ3) is 4.01. The average molecular weight is 298 g/mol. The highest BCUT2D eigenvalue weighted by molar-refractivity contribution is 5.74. The zero-order valence-corrected chi connectivity index (χ0v) is 13.0. The van der Waals surface area contributed by atoms with Gasteiger partial charge in [-0.15, -0.1) is 0 Å². The Kier molecular flexibility index (Phi) is 5.42. The van der Waals surface area contributed by atoms with Gasteiger partial charge in [-0.05, 0) is 37.1 Å². The average Bonchev–Trinajstić information content (AvgIpc) is 2.54. The van der Waals surface area contributed by atoms with Crippen molar-refractivity contribution in [2.45, 2.75) is 26.4 Å². The summed E-state index contributed by atoms with van der Waals surface area (Å²) >= 11 is 0. The molecule has 1 atom stereocenters. The van der Waals surface area contributed by atoms with Crippen molar-refractivity contribution in [3.05, 3.63) is 65.7 Å². The molecule has 22 heavy (non-hydrogen) atoms. The van der Waals surface area contributed by atoms with Gasteiger partial charge < -0.3 is 15.3 Å². The molecule has 0 saturated carbocycles. The zero-order valence-electron chi connectivity index (χ0n) is 13.0. The number of urea groups is 1. The Balaban J connectivity index is 2.02. The SMILES string of the molecule is CCN(C(=O)NCc1ccccc1)[C@H](C)c1cccc(O)c1. The second-order valence-corrected chi connectivity index (χ2v) is 5.20. The van der Waals surface area contributed by atoms with Crippen molar-refractivity contribution in [2.75, 3.05) is 6.54 Å². The van der Waals surface area contributed by atoms with Gasteiger partial charge in [0, 0.05) is 13.1 Å². The van der Waals surface area contributed by atoms with Crippen molar-refractivity contribution in [1.29, 1.82) is 0 Å². The number of phenols is 1. The Hall–Kier alpha value is -2.49. The standard InChI is InChI=1S/C18H22N2O2/c1-3-20(14(2)16-10-7-11-17(21)12-16)18(22)19-13-15-8-5-4-6-9-15/h4-12,14,21H,3,13H2,1-2H3,(H,19,22)/t14-/m1/s1. The molecular weight excluding hydrogens is 276 g/mol. The van der Waals surface area contributed by atoms with Gasteiger partial charge in [-0.25, -0.2) is 4.79 Å². The first-order valence-corrected chi connectivity index (χ1v) is 7.49. The summed E-state index contributed by atoms with van der Waals surface area (Å²) in [6, 6.07) is 16.6. The number of carbonyl (C=O) groups excluding carboxylic acids is 1. The number of amides is 2. The maximum absolute atomic E-state index is 12.4. The lowest BCUT2D eigenvalue weighted by atomic mass is 10.1. The number of rotatable bonds is 5. The number of aromatic hydroxyl groups is 1. The van der Waals surface area contributed by atoms with Crippen LogP contribution in [0.4, 0.5) is 4.79 Å². The predicted molar refractivity (Wildman–Crippen MR) is 87.6 cm³/mol. The Morgan fingerprint density at radius 1 is 1.18 bits per heavy atom. The van der Waals surface area contributed by atoms with Crippen LogP contribution in [0.2, 0.25) is 0 Å². The molecule has 2 aromatic rings. The highest BCUT2D eigenvalue weighted by Gasteiger charge is 2.19. The minimum atomic E-state index is -0.109. The summed E-state index contributed by atoms with van der Waals surface area (Å²) in [6.45, 7) is 5.00. The van der Waals surface area contributed by atoms with E-state index in [4.69, 9.17) is 0 Å². The van der Waals surface area contributed by atoms with Gasteiger partial charge in [0.2, 0.25) is 0 Å². The quantitative estimate of drug-likeness (QED) is 0.884. The van der Waals surface area contributed by atoms with Crippen molar-refractivity contribution in [3.8, 4) is 5.75 Å². The molecule has 0 unspecified atom stereocenters. The molecule has 0 aliphatic rings. The van der Waals surface area contributed by atoms with Gasteiger partial charge in [0.05, 0.1) is 6.04 Å². The fraction of sp³-hybridized carbons (Fsp3) is 0.278. The molecule has 0 radical (unpaired) electrons. The Morgan fingerprint density at radius 2 is 1.91 bits per heavy atom. The summed E-state index contributed by atoms with van der Waals surface area (Å²) in [5, 5.41) is 12.5. The molecular formula is C18H22N2O2. The van der Waals surface area contributed by atoms with Crippen LogP contribution < -0.4 is 5.32 Å². The van der Waals surface area contributed by atoms with Gasteiger partial charge in [-0.1, -0.05) is 42.5 Å². The highest BCUT2D eigenvalue weighted by atomic mass is 16.3. The monoisotopic (exact) mass is 298 g/mol. The third-order valence-corrected chi connectivity index (χ3v) is 3.71. The van der Waals surface area contributed by atoms with E-state index in [0.717, 1.165) is 11.1 Å². The van der Waals surface area contributed by atoms with Gasteiger partial charge in [0.15, 0.2) is 0 Å². The van der Waals surface area contributed by atoms with Crippen LogP contribution in [0, 0.1) is 0 Å². The van der Waals surface area contributed by atoms with Crippen LogP contribution in [0.5, 0.6) is 5.75 Å². The first-order chi connectivity index (χ1) is 10.6. The Morgan fingerprint density at radius 3 is 2.55 bits per heavy atom. The topological polar surface area (TPSA) is 52.6 Å². The van der Waals surface area contributed by atoms with Crippen LogP contribution in [0.25, 0.3) is 0 Å². The number of nitrogens with one attached hydrogen (secondary N) is 1. The summed E-state index contributed by atoms with van der Waals surface area (Å²) < 4.78 is 0. The molecule has 0 fully saturated rings. The molecule has 0 aromatic heterocycles. The second kappa shape index (κ2) is 7.50. The number of hydrogen-bond acceptors (Lipinski definition) is 2. The first kappa shape index (κ1) is 15.9. The largest absolute Gasteiger partial charge is 0.508 e. The van der Waals surface area contributed by atoms with Gasteiger partial charge >= 0.3 is 6.03 Å². The van der Waals surface area contributed by atoms with E-state index in [1.165, 1.54) is 0 Å². The molecule has 0 saturated heterocycles. The predicted octanol–water partition coefficient (Wildman–Crippen LogP) is 3.68. The van der Waals surface area contributed by atoms with E-state index in [9.17, 15) is 9.90 Å². The van der Waals surface area contributed by atoms with E-state index in [1.54, 1.807) is 23.1 Å². The summed E-state index contributed by atoms with van der Waals surface area (Å²) in [4.78, 5) is 14.1. The maximum Gasteiger partial charge on any atom is 0.318 e. The van der Waals surface area contributed by atoms with Crippen molar-refractivity contribution in [1.82, 2.24) is 10.2 Å².